The fourth-order valence-electron chi connectivity index (χ4n) is 2.42. The Hall–Kier alpha value is -0.870. The molecule has 1 aliphatic rings. The van der Waals surface area contributed by atoms with Crippen LogP contribution in [-0.2, 0) is 17.8 Å². The van der Waals surface area contributed by atoms with Crippen LogP contribution < -0.4 is 0 Å². The van der Waals surface area contributed by atoms with Gasteiger partial charge in [0.2, 0.25) is 0 Å². The number of hydrogen-bond donors (Lipinski definition) is 0. The number of nitrogens with zero attached hydrogens (tertiary/aromatic N) is 3. The van der Waals surface area contributed by atoms with Crippen molar-refractivity contribution in [2.45, 2.75) is 45.8 Å². The molecule has 1 aromatic rings. The number of ether oxygens (including phenoxy) is 1. The number of aryl methyl sites for hydroxylation is 1. The van der Waals surface area contributed by atoms with Crippen LogP contribution in [0.4, 0.5) is 0 Å². The van der Waals surface area contributed by atoms with Crippen molar-refractivity contribution in [2.24, 2.45) is 0 Å². The highest BCUT2D eigenvalue weighted by Gasteiger charge is 2.24. The Balaban J connectivity index is 1.88. The lowest BCUT2D eigenvalue weighted by Gasteiger charge is -2.23. The molecular weight excluding hydrogens is 214 g/mol. The van der Waals surface area contributed by atoms with Gasteiger partial charge in [-0.1, -0.05) is 0 Å². The zero-order valence-corrected chi connectivity index (χ0v) is 10.9. The third-order valence-electron chi connectivity index (χ3n) is 3.40. The van der Waals surface area contributed by atoms with Crippen molar-refractivity contribution in [1.82, 2.24) is 14.7 Å². The normalized spacial score (nSPS) is 21.2. The zero-order chi connectivity index (χ0) is 12.1. The maximum absolute atomic E-state index is 5.54. The van der Waals surface area contributed by atoms with Gasteiger partial charge in [0.15, 0.2) is 0 Å². The highest BCUT2D eigenvalue weighted by molar-refractivity contribution is 5.00. The largest absolute Gasteiger partial charge is 0.380 e. The van der Waals surface area contributed by atoms with Crippen LogP contribution in [0.2, 0.25) is 0 Å². The van der Waals surface area contributed by atoms with Crippen molar-refractivity contribution < 1.29 is 4.74 Å². The van der Waals surface area contributed by atoms with E-state index in [1.54, 1.807) is 0 Å². The van der Waals surface area contributed by atoms with Crippen molar-refractivity contribution in [1.29, 1.82) is 0 Å². The lowest BCUT2D eigenvalue weighted by Crippen LogP contribution is -2.32. The first-order valence-electron chi connectivity index (χ1n) is 6.67. The standard InChI is InChI=1S/C13H23N3O/c1-3-16-9-7-12(14-16)10-15-8-5-6-13(15)11-17-4-2/h7,9,13H,3-6,8,10-11H2,1-2H3. The monoisotopic (exact) mass is 237 g/mol. The molecule has 1 atom stereocenters. The maximum atomic E-state index is 5.54. The van der Waals surface area contributed by atoms with E-state index in [0.29, 0.717) is 6.04 Å². The molecule has 2 heterocycles. The summed E-state index contributed by atoms with van der Waals surface area (Å²) >= 11 is 0. The molecule has 0 bridgehead atoms. The van der Waals surface area contributed by atoms with Crippen LogP contribution in [0, 0.1) is 0 Å². The summed E-state index contributed by atoms with van der Waals surface area (Å²) in [5, 5.41) is 4.54. The molecule has 0 aromatic carbocycles. The number of rotatable bonds is 6. The quantitative estimate of drug-likeness (QED) is 0.757. The average Bonchev–Trinajstić information content (AvgIpc) is 2.96. The molecule has 1 fully saturated rings. The highest BCUT2D eigenvalue weighted by atomic mass is 16.5. The predicted molar refractivity (Wildman–Crippen MR) is 67.8 cm³/mol. The minimum Gasteiger partial charge on any atom is -0.380 e. The highest BCUT2D eigenvalue weighted by Crippen LogP contribution is 2.19. The molecule has 1 aliphatic heterocycles. The van der Waals surface area contributed by atoms with Gasteiger partial charge in [-0.05, 0) is 39.3 Å². The zero-order valence-electron chi connectivity index (χ0n) is 10.9. The maximum Gasteiger partial charge on any atom is 0.0764 e. The van der Waals surface area contributed by atoms with Gasteiger partial charge >= 0.3 is 0 Å². The van der Waals surface area contributed by atoms with Gasteiger partial charge in [0.25, 0.3) is 0 Å². The van der Waals surface area contributed by atoms with E-state index in [2.05, 4.69) is 36.1 Å². The van der Waals surface area contributed by atoms with Crippen molar-refractivity contribution in [3.63, 3.8) is 0 Å². The Kier molecular flexibility index (Phi) is 4.57. The van der Waals surface area contributed by atoms with Crippen molar-refractivity contribution in [2.75, 3.05) is 19.8 Å². The van der Waals surface area contributed by atoms with E-state index in [0.717, 1.165) is 26.3 Å². The lowest BCUT2D eigenvalue weighted by atomic mass is 10.2. The summed E-state index contributed by atoms with van der Waals surface area (Å²) in [5.74, 6) is 0. The molecule has 2 rings (SSSR count). The minimum absolute atomic E-state index is 0.585. The molecular formula is C13H23N3O. The summed E-state index contributed by atoms with van der Waals surface area (Å²) in [6.45, 7) is 8.94. The molecule has 4 heteroatoms. The fourth-order valence-corrected chi connectivity index (χ4v) is 2.42. The molecule has 1 saturated heterocycles. The van der Waals surface area contributed by atoms with E-state index >= 15 is 0 Å². The van der Waals surface area contributed by atoms with Crippen LogP contribution in [0.15, 0.2) is 12.3 Å². The van der Waals surface area contributed by atoms with Gasteiger partial charge in [-0.25, -0.2) is 0 Å². The average molecular weight is 237 g/mol. The van der Waals surface area contributed by atoms with E-state index in [4.69, 9.17) is 4.74 Å². The molecule has 4 nitrogen and oxygen atoms in total. The van der Waals surface area contributed by atoms with E-state index in [9.17, 15) is 0 Å². The summed E-state index contributed by atoms with van der Waals surface area (Å²) in [4.78, 5) is 2.50. The molecule has 0 spiro atoms. The Morgan fingerprint density at radius 3 is 3.06 bits per heavy atom. The smallest absolute Gasteiger partial charge is 0.0764 e. The number of hydrogen-bond acceptors (Lipinski definition) is 3. The third kappa shape index (κ3) is 3.30. The first kappa shape index (κ1) is 12.6. The summed E-state index contributed by atoms with van der Waals surface area (Å²) in [6.07, 6.45) is 4.60. The SMILES string of the molecule is CCOCC1CCCN1Cc1ccn(CC)n1. The Labute approximate surface area is 104 Å². The summed E-state index contributed by atoms with van der Waals surface area (Å²) < 4.78 is 7.53. The van der Waals surface area contributed by atoms with Crippen molar-refractivity contribution in [3.8, 4) is 0 Å². The molecule has 0 amide bonds. The Morgan fingerprint density at radius 1 is 1.47 bits per heavy atom. The van der Waals surface area contributed by atoms with Crippen molar-refractivity contribution in [3.05, 3.63) is 18.0 Å². The summed E-state index contributed by atoms with van der Waals surface area (Å²) in [6, 6.07) is 2.71. The fraction of sp³-hybridized carbons (Fsp3) is 0.769. The van der Waals surface area contributed by atoms with Crippen LogP contribution in [0.5, 0.6) is 0 Å². The number of aromatic nitrogens is 2. The first-order chi connectivity index (χ1) is 8.33. The molecule has 17 heavy (non-hydrogen) atoms. The van der Waals surface area contributed by atoms with Gasteiger partial charge in [-0.2, -0.15) is 5.10 Å². The van der Waals surface area contributed by atoms with Crippen molar-refractivity contribution >= 4 is 0 Å². The summed E-state index contributed by atoms with van der Waals surface area (Å²) in [5.41, 5.74) is 1.18. The molecule has 0 radical (unpaired) electrons. The topological polar surface area (TPSA) is 30.3 Å². The molecule has 0 aliphatic carbocycles. The molecule has 1 unspecified atom stereocenters. The minimum atomic E-state index is 0.585. The molecule has 0 N–H and O–H groups in total. The van der Waals surface area contributed by atoms with E-state index in [1.807, 2.05) is 4.68 Å². The Morgan fingerprint density at radius 2 is 2.35 bits per heavy atom. The van der Waals surface area contributed by atoms with E-state index in [-0.39, 0.29) is 0 Å². The van der Waals surface area contributed by atoms with Gasteiger partial charge in [0.1, 0.15) is 0 Å². The van der Waals surface area contributed by atoms with Gasteiger partial charge in [0.05, 0.1) is 12.3 Å². The number of likely N-dealkylation sites (tertiary alicyclic amines) is 1. The second-order valence-electron chi connectivity index (χ2n) is 4.59. The lowest BCUT2D eigenvalue weighted by molar-refractivity contribution is 0.0818. The van der Waals surface area contributed by atoms with Crippen LogP contribution in [0.3, 0.4) is 0 Å². The van der Waals surface area contributed by atoms with Gasteiger partial charge in [-0.15, -0.1) is 0 Å². The predicted octanol–water partition coefficient (Wildman–Crippen LogP) is 1.90. The Bertz CT molecular complexity index is 337. The molecule has 96 valence electrons. The van der Waals surface area contributed by atoms with Gasteiger partial charge in [-0.3, -0.25) is 9.58 Å². The van der Waals surface area contributed by atoms with E-state index < -0.39 is 0 Å². The van der Waals surface area contributed by atoms with Crippen LogP contribution in [0.25, 0.3) is 0 Å². The third-order valence-corrected chi connectivity index (χ3v) is 3.40. The molecule has 0 saturated carbocycles. The van der Waals surface area contributed by atoms with Gasteiger partial charge < -0.3 is 4.74 Å². The van der Waals surface area contributed by atoms with Gasteiger partial charge in [0, 0.05) is 31.9 Å². The molecule has 1 aromatic heterocycles. The second kappa shape index (κ2) is 6.17. The van der Waals surface area contributed by atoms with Crippen LogP contribution in [0.1, 0.15) is 32.4 Å². The second-order valence-corrected chi connectivity index (χ2v) is 4.59. The van der Waals surface area contributed by atoms with Crippen LogP contribution >= 0.6 is 0 Å². The first-order valence-corrected chi connectivity index (χ1v) is 6.67. The summed E-state index contributed by atoms with van der Waals surface area (Å²) in [7, 11) is 0. The van der Waals surface area contributed by atoms with Crippen LogP contribution in [-0.4, -0.2) is 40.5 Å². The van der Waals surface area contributed by atoms with E-state index in [1.165, 1.54) is 25.1 Å².